The summed E-state index contributed by atoms with van der Waals surface area (Å²) in [5, 5.41) is 3.72. The van der Waals surface area contributed by atoms with Crippen LogP contribution in [0.1, 0.15) is 38.2 Å². The number of rotatable bonds is 5. The zero-order chi connectivity index (χ0) is 14.8. The van der Waals surface area contributed by atoms with E-state index in [1.54, 1.807) is 6.07 Å². The lowest BCUT2D eigenvalue weighted by atomic mass is 10.0. The zero-order valence-corrected chi connectivity index (χ0v) is 14.2. The first-order chi connectivity index (χ1) is 10.2. The van der Waals surface area contributed by atoms with Gasteiger partial charge in [0.1, 0.15) is 5.82 Å². The Balaban J connectivity index is 1.70. The first kappa shape index (κ1) is 15.4. The largest absolute Gasteiger partial charge is 0.311 e. The minimum absolute atomic E-state index is 0.179. The van der Waals surface area contributed by atoms with Crippen LogP contribution in [0.2, 0.25) is 0 Å². The van der Waals surface area contributed by atoms with E-state index in [4.69, 9.17) is 0 Å². The predicted octanol–water partition coefficient (Wildman–Crippen LogP) is 3.94. The third kappa shape index (κ3) is 3.85. The third-order valence-corrected chi connectivity index (χ3v) is 5.32. The molecule has 2 unspecified atom stereocenters. The molecule has 116 valence electrons. The summed E-state index contributed by atoms with van der Waals surface area (Å²) >= 11 is 3.30. The van der Waals surface area contributed by atoms with Crippen LogP contribution in [0.4, 0.5) is 4.39 Å². The second kappa shape index (κ2) is 6.76. The second-order valence-corrected chi connectivity index (χ2v) is 7.33. The number of piperazine rings is 1. The van der Waals surface area contributed by atoms with Crippen molar-refractivity contribution in [1.29, 1.82) is 0 Å². The SMILES string of the molecule is CCCC1CN(Cc2ccc(F)c(Br)c2)C(C2CC2)CN1. The summed E-state index contributed by atoms with van der Waals surface area (Å²) in [4.78, 5) is 2.62. The average molecular weight is 355 g/mol. The van der Waals surface area contributed by atoms with E-state index in [1.165, 1.54) is 31.2 Å². The molecule has 0 aromatic heterocycles. The molecule has 0 spiro atoms. The minimum atomic E-state index is -0.179. The van der Waals surface area contributed by atoms with Crippen LogP contribution in [0.15, 0.2) is 22.7 Å². The molecule has 1 aromatic carbocycles. The van der Waals surface area contributed by atoms with Crippen molar-refractivity contribution in [2.75, 3.05) is 13.1 Å². The van der Waals surface area contributed by atoms with Crippen LogP contribution in [-0.4, -0.2) is 30.1 Å². The highest BCUT2D eigenvalue weighted by molar-refractivity contribution is 9.10. The Morgan fingerprint density at radius 3 is 2.86 bits per heavy atom. The van der Waals surface area contributed by atoms with Crippen molar-refractivity contribution in [1.82, 2.24) is 10.2 Å². The molecule has 1 aliphatic carbocycles. The van der Waals surface area contributed by atoms with Crippen molar-refractivity contribution in [2.45, 2.75) is 51.2 Å². The van der Waals surface area contributed by atoms with Crippen LogP contribution in [0.5, 0.6) is 0 Å². The summed E-state index contributed by atoms with van der Waals surface area (Å²) in [6.07, 6.45) is 5.20. The van der Waals surface area contributed by atoms with Crippen molar-refractivity contribution in [3.8, 4) is 0 Å². The fourth-order valence-corrected chi connectivity index (χ4v) is 3.87. The number of nitrogens with zero attached hydrogens (tertiary/aromatic N) is 1. The molecular weight excluding hydrogens is 331 g/mol. The molecule has 0 bridgehead atoms. The molecule has 2 aliphatic rings. The molecular formula is C17H24BrFN2. The summed E-state index contributed by atoms with van der Waals surface area (Å²) < 4.78 is 14.0. The number of halogens is 2. The van der Waals surface area contributed by atoms with Gasteiger partial charge in [-0.25, -0.2) is 4.39 Å². The molecule has 1 aromatic rings. The Hall–Kier alpha value is -0.450. The molecule has 1 saturated carbocycles. The van der Waals surface area contributed by atoms with Gasteiger partial charge < -0.3 is 5.32 Å². The maximum absolute atomic E-state index is 13.4. The maximum atomic E-state index is 13.4. The lowest BCUT2D eigenvalue weighted by Crippen LogP contribution is -2.56. The average Bonchev–Trinajstić information content (AvgIpc) is 3.28. The van der Waals surface area contributed by atoms with Gasteiger partial charge in [-0.3, -0.25) is 4.90 Å². The number of hydrogen-bond donors (Lipinski definition) is 1. The Morgan fingerprint density at radius 1 is 1.38 bits per heavy atom. The van der Waals surface area contributed by atoms with Crippen LogP contribution in [-0.2, 0) is 6.54 Å². The van der Waals surface area contributed by atoms with Crippen molar-refractivity contribution >= 4 is 15.9 Å². The Bertz CT molecular complexity index is 490. The highest BCUT2D eigenvalue weighted by atomic mass is 79.9. The van der Waals surface area contributed by atoms with Crippen LogP contribution in [0.25, 0.3) is 0 Å². The van der Waals surface area contributed by atoms with E-state index >= 15 is 0 Å². The summed E-state index contributed by atoms with van der Waals surface area (Å²) in [5.41, 5.74) is 1.20. The van der Waals surface area contributed by atoms with Gasteiger partial charge in [0.2, 0.25) is 0 Å². The molecule has 1 saturated heterocycles. The van der Waals surface area contributed by atoms with Gasteiger partial charge in [-0.05, 0) is 58.8 Å². The first-order valence-electron chi connectivity index (χ1n) is 8.08. The normalized spacial score (nSPS) is 27.0. The number of benzene rings is 1. The van der Waals surface area contributed by atoms with E-state index in [-0.39, 0.29) is 5.82 Å². The molecule has 4 heteroatoms. The highest BCUT2D eigenvalue weighted by Gasteiger charge is 2.38. The highest BCUT2D eigenvalue weighted by Crippen LogP contribution is 2.37. The standard InChI is InChI=1S/C17H24BrFN2/c1-2-3-14-11-21(17(9-20-14)13-5-6-13)10-12-4-7-16(19)15(18)8-12/h4,7-8,13-14,17,20H,2-3,5-6,9-11H2,1H3. The van der Waals surface area contributed by atoms with Crippen molar-refractivity contribution in [3.63, 3.8) is 0 Å². The quantitative estimate of drug-likeness (QED) is 0.861. The zero-order valence-electron chi connectivity index (χ0n) is 12.6. The van der Waals surface area contributed by atoms with Crippen molar-refractivity contribution in [3.05, 3.63) is 34.1 Å². The molecule has 0 radical (unpaired) electrons. The molecule has 2 atom stereocenters. The summed E-state index contributed by atoms with van der Waals surface area (Å²) in [6, 6.07) is 6.67. The molecule has 21 heavy (non-hydrogen) atoms. The van der Waals surface area contributed by atoms with Gasteiger partial charge in [-0.15, -0.1) is 0 Å². The van der Waals surface area contributed by atoms with E-state index in [2.05, 4.69) is 33.1 Å². The molecule has 1 N–H and O–H groups in total. The van der Waals surface area contributed by atoms with Crippen LogP contribution in [0, 0.1) is 11.7 Å². The van der Waals surface area contributed by atoms with Gasteiger partial charge in [-0.2, -0.15) is 0 Å². The number of nitrogens with one attached hydrogen (secondary N) is 1. The van der Waals surface area contributed by atoms with Gasteiger partial charge >= 0.3 is 0 Å². The lowest BCUT2D eigenvalue weighted by Gasteiger charge is -2.41. The summed E-state index contributed by atoms with van der Waals surface area (Å²) in [6.45, 7) is 5.40. The second-order valence-electron chi connectivity index (χ2n) is 6.48. The van der Waals surface area contributed by atoms with E-state index < -0.39 is 0 Å². The van der Waals surface area contributed by atoms with Gasteiger partial charge in [0.25, 0.3) is 0 Å². The molecule has 3 rings (SSSR count). The Labute approximate surface area is 135 Å². The van der Waals surface area contributed by atoms with E-state index in [0.717, 1.165) is 25.6 Å². The van der Waals surface area contributed by atoms with Crippen LogP contribution < -0.4 is 5.32 Å². The maximum Gasteiger partial charge on any atom is 0.137 e. The molecule has 1 heterocycles. The fourth-order valence-electron chi connectivity index (χ4n) is 3.44. The first-order valence-corrected chi connectivity index (χ1v) is 8.88. The van der Waals surface area contributed by atoms with Gasteiger partial charge in [0, 0.05) is 31.7 Å². The van der Waals surface area contributed by atoms with Crippen LogP contribution in [0.3, 0.4) is 0 Å². The monoisotopic (exact) mass is 354 g/mol. The molecule has 1 aliphatic heterocycles. The predicted molar refractivity (Wildman–Crippen MR) is 87.7 cm³/mol. The van der Waals surface area contributed by atoms with E-state index in [9.17, 15) is 4.39 Å². The third-order valence-electron chi connectivity index (χ3n) is 4.71. The Kier molecular flexibility index (Phi) is 4.97. The fraction of sp³-hybridized carbons (Fsp3) is 0.647. The molecule has 0 amide bonds. The Morgan fingerprint density at radius 2 is 2.19 bits per heavy atom. The summed E-state index contributed by atoms with van der Waals surface area (Å²) in [5.74, 6) is 0.686. The van der Waals surface area contributed by atoms with Gasteiger partial charge in [0.05, 0.1) is 4.47 Å². The number of hydrogen-bond acceptors (Lipinski definition) is 2. The van der Waals surface area contributed by atoms with Crippen molar-refractivity contribution in [2.24, 2.45) is 5.92 Å². The summed E-state index contributed by atoms with van der Waals surface area (Å²) in [7, 11) is 0. The minimum Gasteiger partial charge on any atom is -0.311 e. The molecule has 2 fully saturated rings. The van der Waals surface area contributed by atoms with E-state index in [0.29, 0.717) is 16.6 Å². The van der Waals surface area contributed by atoms with Gasteiger partial charge in [-0.1, -0.05) is 19.4 Å². The smallest absolute Gasteiger partial charge is 0.137 e. The van der Waals surface area contributed by atoms with Crippen LogP contribution >= 0.6 is 15.9 Å². The molecule has 2 nitrogen and oxygen atoms in total. The van der Waals surface area contributed by atoms with Crippen molar-refractivity contribution < 1.29 is 4.39 Å². The topological polar surface area (TPSA) is 15.3 Å². The lowest BCUT2D eigenvalue weighted by molar-refractivity contribution is 0.104. The van der Waals surface area contributed by atoms with E-state index in [1.807, 2.05) is 12.1 Å². The van der Waals surface area contributed by atoms with Gasteiger partial charge in [0.15, 0.2) is 0 Å².